The average Bonchev–Trinajstić information content (AvgIpc) is 2.14. The number of nitrogens with zero attached hydrogens (tertiary/aromatic N) is 2. The van der Waals surface area contributed by atoms with Gasteiger partial charge in [-0.25, -0.2) is 10.8 Å². The van der Waals surface area contributed by atoms with Gasteiger partial charge in [0.1, 0.15) is 5.82 Å². The third kappa shape index (κ3) is 2.85. The number of nitrogens with two attached hydrogens (primary N) is 1. The summed E-state index contributed by atoms with van der Waals surface area (Å²) >= 11 is 0. The van der Waals surface area contributed by atoms with Crippen LogP contribution < -0.4 is 16.6 Å². The molecule has 0 radical (unpaired) electrons. The summed E-state index contributed by atoms with van der Waals surface area (Å²) < 4.78 is 0. The van der Waals surface area contributed by atoms with Crippen LogP contribution in [-0.4, -0.2) is 28.2 Å². The second-order valence-electron chi connectivity index (χ2n) is 2.51. The molecule has 0 saturated heterocycles. The molecule has 13 heavy (non-hydrogen) atoms. The van der Waals surface area contributed by atoms with Gasteiger partial charge >= 0.3 is 0 Å². The van der Waals surface area contributed by atoms with Crippen molar-refractivity contribution in [2.24, 2.45) is 5.84 Å². The minimum absolute atomic E-state index is 0.0639. The van der Waals surface area contributed by atoms with Crippen molar-refractivity contribution < 1.29 is 5.11 Å². The molecule has 1 aromatic heterocycles. The number of aliphatic hydroxyl groups is 1. The molecule has 0 fully saturated rings. The molecule has 1 aromatic rings. The summed E-state index contributed by atoms with van der Waals surface area (Å²) in [7, 11) is 0. The van der Waals surface area contributed by atoms with Gasteiger partial charge in [-0.2, -0.15) is 4.98 Å². The SMILES string of the molecule is Cc1cc(NCCO)nc(NN)n1. The largest absolute Gasteiger partial charge is 0.395 e. The minimum Gasteiger partial charge on any atom is -0.395 e. The first-order valence-corrected chi connectivity index (χ1v) is 3.93. The molecule has 6 nitrogen and oxygen atoms in total. The summed E-state index contributed by atoms with van der Waals surface area (Å²) in [4.78, 5) is 8.03. The molecule has 5 N–H and O–H groups in total. The summed E-state index contributed by atoms with van der Waals surface area (Å²) in [5, 5.41) is 11.5. The molecule has 0 spiro atoms. The Morgan fingerprint density at radius 1 is 1.54 bits per heavy atom. The number of aromatic nitrogens is 2. The number of hydrogen-bond acceptors (Lipinski definition) is 6. The zero-order chi connectivity index (χ0) is 9.68. The summed E-state index contributed by atoms with van der Waals surface area (Å²) in [5.74, 6) is 6.17. The quantitative estimate of drug-likeness (QED) is 0.370. The molecule has 0 saturated carbocycles. The number of hydrogen-bond donors (Lipinski definition) is 4. The van der Waals surface area contributed by atoms with Crippen LogP contribution in [0.4, 0.5) is 11.8 Å². The highest BCUT2D eigenvalue weighted by atomic mass is 16.3. The van der Waals surface area contributed by atoms with E-state index in [9.17, 15) is 0 Å². The zero-order valence-corrected chi connectivity index (χ0v) is 7.41. The van der Waals surface area contributed by atoms with E-state index < -0.39 is 0 Å². The third-order valence-corrected chi connectivity index (χ3v) is 1.40. The molecule has 72 valence electrons. The van der Waals surface area contributed by atoms with E-state index in [0.29, 0.717) is 18.3 Å². The van der Waals surface area contributed by atoms with Gasteiger partial charge in [0.15, 0.2) is 0 Å². The normalized spacial score (nSPS) is 9.77. The van der Waals surface area contributed by atoms with Crippen molar-refractivity contribution >= 4 is 11.8 Å². The fourth-order valence-electron chi connectivity index (χ4n) is 0.908. The van der Waals surface area contributed by atoms with Gasteiger partial charge in [0, 0.05) is 18.3 Å². The van der Waals surface area contributed by atoms with Gasteiger partial charge in [-0.3, -0.25) is 5.43 Å². The molecular formula is C7H13N5O. The lowest BCUT2D eigenvalue weighted by atomic mass is 10.4. The van der Waals surface area contributed by atoms with Crippen LogP contribution in [0.5, 0.6) is 0 Å². The first-order chi connectivity index (χ1) is 6.26. The van der Waals surface area contributed by atoms with E-state index in [0.717, 1.165) is 5.69 Å². The van der Waals surface area contributed by atoms with Crippen LogP contribution in [0.1, 0.15) is 5.69 Å². The Morgan fingerprint density at radius 2 is 2.31 bits per heavy atom. The third-order valence-electron chi connectivity index (χ3n) is 1.40. The molecule has 1 heterocycles. The monoisotopic (exact) mass is 183 g/mol. The molecule has 6 heteroatoms. The van der Waals surface area contributed by atoms with Gasteiger partial charge in [0.05, 0.1) is 6.61 Å². The second kappa shape index (κ2) is 4.58. The van der Waals surface area contributed by atoms with Crippen LogP contribution in [0, 0.1) is 6.92 Å². The maximum atomic E-state index is 8.58. The Morgan fingerprint density at radius 3 is 2.92 bits per heavy atom. The van der Waals surface area contributed by atoms with Crippen molar-refractivity contribution in [1.29, 1.82) is 0 Å². The molecule has 0 aliphatic heterocycles. The van der Waals surface area contributed by atoms with Crippen LogP contribution in [-0.2, 0) is 0 Å². The molecule has 0 unspecified atom stereocenters. The molecule has 0 aliphatic rings. The lowest BCUT2D eigenvalue weighted by Crippen LogP contribution is -2.13. The lowest BCUT2D eigenvalue weighted by molar-refractivity contribution is 0.311. The smallest absolute Gasteiger partial charge is 0.239 e. The topological polar surface area (TPSA) is 96.1 Å². The first-order valence-electron chi connectivity index (χ1n) is 3.93. The van der Waals surface area contributed by atoms with Crippen molar-refractivity contribution in [3.05, 3.63) is 11.8 Å². The molecule has 0 bridgehead atoms. The highest BCUT2D eigenvalue weighted by Gasteiger charge is 1.98. The molecule has 1 rings (SSSR count). The van der Waals surface area contributed by atoms with E-state index in [2.05, 4.69) is 20.7 Å². The Labute approximate surface area is 76.2 Å². The number of nitrogens with one attached hydrogen (secondary N) is 2. The maximum absolute atomic E-state index is 8.58. The fraction of sp³-hybridized carbons (Fsp3) is 0.429. The second-order valence-corrected chi connectivity index (χ2v) is 2.51. The van der Waals surface area contributed by atoms with E-state index in [1.807, 2.05) is 6.92 Å². The van der Waals surface area contributed by atoms with Crippen LogP contribution in [0.3, 0.4) is 0 Å². The molecule has 0 amide bonds. The standard InChI is InChI=1S/C7H13N5O/c1-5-4-6(9-2-3-13)11-7(10-5)12-8/h4,13H,2-3,8H2,1H3,(H2,9,10,11,12). The molecule has 0 aliphatic carbocycles. The Hall–Kier alpha value is -1.40. The van der Waals surface area contributed by atoms with Crippen LogP contribution >= 0.6 is 0 Å². The van der Waals surface area contributed by atoms with E-state index in [-0.39, 0.29) is 6.61 Å². The average molecular weight is 183 g/mol. The number of anilines is 2. The van der Waals surface area contributed by atoms with Crippen LogP contribution in [0.15, 0.2) is 6.07 Å². The highest BCUT2D eigenvalue weighted by Crippen LogP contribution is 2.07. The zero-order valence-electron chi connectivity index (χ0n) is 7.41. The van der Waals surface area contributed by atoms with Gasteiger partial charge in [-0.05, 0) is 6.92 Å². The Kier molecular flexibility index (Phi) is 3.41. The lowest BCUT2D eigenvalue weighted by Gasteiger charge is -2.06. The van der Waals surface area contributed by atoms with Crippen molar-refractivity contribution in [3.63, 3.8) is 0 Å². The van der Waals surface area contributed by atoms with Crippen molar-refractivity contribution in [1.82, 2.24) is 9.97 Å². The number of aryl methyl sites for hydroxylation is 1. The number of aliphatic hydroxyl groups excluding tert-OH is 1. The maximum Gasteiger partial charge on any atom is 0.239 e. The molecular weight excluding hydrogens is 170 g/mol. The van der Waals surface area contributed by atoms with E-state index in [1.165, 1.54) is 0 Å². The van der Waals surface area contributed by atoms with Crippen molar-refractivity contribution in [2.45, 2.75) is 6.92 Å². The van der Waals surface area contributed by atoms with E-state index in [4.69, 9.17) is 10.9 Å². The molecule has 0 aromatic carbocycles. The summed E-state index contributed by atoms with van der Waals surface area (Å²) in [5.41, 5.74) is 3.17. The fourth-order valence-corrected chi connectivity index (χ4v) is 0.908. The summed E-state index contributed by atoms with van der Waals surface area (Å²) in [6.07, 6.45) is 0. The minimum atomic E-state index is 0.0639. The Bertz CT molecular complexity index is 278. The van der Waals surface area contributed by atoms with Gasteiger partial charge in [0.25, 0.3) is 0 Å². The van der Waals surface area contributed by atoms with Gasteiger partial charge in [0.2, 0.25) is 5.95 Å². The predicted molar refractivity (Wildman–Crippen MR) is 50.2 cm³/mol. The number of rotatable bonds is 4. The van der Waals surface area contributed by atoms with Crippen LogP contribution in [0.25, 0.3) is 0 Å². The number of hydrazine groups is 1. The highest BCUT2D eigenvalue weighted by molar-refractivity contribution is 5.41. The van der Waals surface area contributed by atoms with Crippen molar-refractivity contribution in [2.75, 3.05) is 23.9 Å². The van der Waals surface area contributed by atoms with Gasteiger partial charge in [-0.15, -0.1) is 0 Å². The Balaban J connectivity index is 2.76. The van der Waals surface area contributed by atoms with Crippen LogP contribution in [0.2, 0.25) is 0 Å². The molecule has 0 atom stereocenters. The van der Waals surface area contributed by atoms with E-state index >= 15 is 0 Å². The number of nitrogen functional groups attached to an aromatic ring is 1. The predicted octanol–water partition coefficient (Wildman–Crippen LogP) is -0.525. The van der Waals surface area contributed by atoms with E-state index in [1.54, 1.807) is 6.07 Å². The summed E-state index contributed by atoms with van der Waals surface area (Å²) in [6.45, 7) is 2.36. The van der Waals surface area contributed by atoms with Gasteiger partial charge in [-0.1, -0.05) is 0 Å². The first kappa shape index (κ1) is 9.69. The van der Waals surface area contributed by atoms with Gasteiger partial charge < -0.3 is 10.4 Å². The summed E-state index contributed by atoms with van der Waals surface area (Å²) in [6, 6.07) is 1.77. The van der Waals surface area contributed by atoms with Crippen molar-refractivity contribution in [3.8, 4) is 0 Å².